The summed E-state index contributed by atoms with van der Waals surface area (Å²) in [6.07, 6.45) is 0. The zero-order chi connectivity index (χ0) is 18.3. The van der Waals surface area contributed by atoms with Gasteiger partial charge in [-0.15, -0.1) is 0 Å². The maximum absolute atomic E-state index is 11.9. The van der Waals surface area contributed by atoms with Crippen LogP contribution in [0.2, 0.25) is 5.02 Å². The first-order valence-electron chi connectivity index (χ1n) is 8.09. The van der Waals surface area contributed by atoms with Crippen LogP contribution < -0.4 is 5.73 Å². The van der Waals surface area contributed by atoms with Gasteiger partial charge in [0.05, 0.1) is 27.7 Å². The molecule has 4 rings (SSSR count). The number of benzene rings is 3. The number of aromatic nitrogens is 1. The molecule has 0 bridgehead atoms. The highest BCUT2D eigenvalue weighted by atomic mass is 35.5. The number of nitrogens with two attached hydrogens (primary N) is 1. The topological polar surface area (TPSA) is 71.8 Å². The molecule has 0 saturated carbocycles. The number of hydrogen-bond donors (Lipinski definition) is 1. The summed E-state index contributed by atoms with van der Waals surface area (Å²) in [6, 6.07) is 20.8. The van der Waals surface area contributed by atoms with Crippen molar-refractivity contribution < 1.29 is 4.79 Å². The second-order valence-electron chi connectivity index (χ2n) is 6.06. The number of amides is 1. The van der Waals surface area contributed by atoms with E-state index in [1.807, 2.05) is 53.1 Å². The Balaban J connectivity index is 2.09. The monoisotopic (exact) mass is 359 g/mol. The average molecular weight is 360 g/mol. The molecule has 4 nitrogen and oxygen atoms in total. The minimum absolute atomic E-state index is 0.460. The average Bonchev–Trinajstić information content (AvgIpc) is 2.97. The zero-order valence-corrected chi connectivity index (χ0v) is 14.5. The van der Waals surface area contributed by atoms with Crippen molar-refractivity contribution in [1.82, 2.24) is 4.57 Å². The highest BCUT2D eigenvalue weighted by molar-refractivity contribution is 6.37. The van der Waals surface area contributed by atoms with Crippen LogP contribution in [0.3, 0.4) is 0 Å². The van der Waals surface area contributed by atoms with Crippen LogP contribution in [-0.2, 0) is 6.54 Å². The van der Waals surface area contributed by atoms with E-state index in [2.05, 4.69) is 6.07 Å². The van der Waals surface area contributed by atoms with E-state index in [-0.39, 0.29) is 0 Å². The minimum Gasteiger partial charge on any atom is -0.366 e. The van der Waals surface area contributed by atoms with Crippen LogP contribution in [0.5, 0.6) is 0 Å². The van der Waals surface area contributed by atoms with Gasteiger partial charge >= 0.3 is 0 Å². The summed E-state index contributed by atoms with van der Waals surface area (Å²) < 4.78 is 2.04. The van der Waals surface area contributed by atoms with Crippen LogP contribution in [0, 0.1) is 11.3 Å². The number of rotatable bonds is 3. The van der Waals surface area contributed by atoms with Gasteiger partial charge in [0.15, 0.2) is 0 Å². The van der Waals surface area contributed by atoms with Gasteiger partial charge in [-0.2, -0.15) is 5.26 Å². The minimum atomic E-state index is -0.480. The van der Waals surface area contributed by atoms with Crippen molar-refractivity contribution in [3.8, 4) is 6.07 Å². The Kier molecular flexibility index (Phi) is 3.87. The van der Waals surface area contributed by atoms with Gasteiger partial charge in [0.2, 0.25) is 5.91 Å². The largest absolute Gasteiger partial charge is 0.366 e. The normalized spacial score (nSPS) is 10.9. The van der Waals surface area contributed by atoms with Gasteiger partial charge in [-0.25, -0.2) is 0 Å². The van der Waals surface area contributed by atoms with Crippen molar-refractivity contribution in [1.29, 1.82) is 5.26 Å². The van der Waals surface area contributed by atoms with Crippen molar-refractivity contribution >= 4 is 39.3 Å². The van der Waals surface area contributed by atoms with Gasteiger partial charge in [-0.1, -0.05) is 48.0 Å². The van der Waals surface area contributed by atoms with E-state index in [4.69, 9.17) is 17.3 Å². The van der Waals surface area contributed by atoms with E-state index in [0.717, 1.165) is 27.4 Å². The predicted molar refractivity (Wildman–Crippen MR) is 103 cm³/mol. The van der Waals surface area contributed by atoms with E-state index in [1.165, 1.54) is 0 Å². The molecule has 26 heavy (non-hydrogen) atoms. The van der Waals surface area contributed by atoms with Crippen LogP contribution in [0.4, 0.5) is 0 Å². The van der Waals surface area contributed by atoms with Gasteiger partial charge in [0.1, 0.15) is 0 Å². The standard InChI is InChI=1S/C21H14ClN3O/c22-17-9-3-7-15-19-16(21(24)26)8-4-10-18(19)25(20(15)17)12-14-6-2-1-5-13(14)11-23/h1-10H,12H2,(H2,24,26). The lowest BCUT2D eigenvalue weighted by molar-refractivity contribution is 0.100. The third-order valence-electron chi connectivity index (χ3n) is 4.59. The Morgan fingerprint density at radius 1 is 1.08 bits per heavy atom. The van der Waals surface area contributed by atoms with E-state index in [1.54, 1.807) is 12.1 Å². The molecular weight excluding hydrogens is 346 g/mol. The summed E-state index contributed by atoms with van der Waals surface area (Å²) >= 11 is 6.50. The van der Waals surface area contributed by atoms with Gasteiger partial charge in [-0.05, 0) is 29.8 Å². The van der Waals surface area contributed by atoms with E-state index < -0.39 is 5.91 Å². The van der Waals surface area contributed by atoms with Gasteiger partial charge in [0, 0.05) is 22.9 Å². The second kappa shape index (κ2) is 6.21. The quantitative estimate of drug-likeness (QED) is 0.586. The lowest BCUT2D eigenvalue weighted by Gasteiger charge is -2.10. The number of carbonyl (C=O) groups excluding carboxylic acids is 1. The first kappa shape index (κ1) is 16.2. The smallest absolute Gasteiger partial charge is 0.249 e. The first-order chi connectivity index (χ1) is 12.6. The third kappa shape index (κ3) is 2.42. The highest BCUT2D eigenvalue weighted by Crippen LogP contribution is 2.36. The summed E-state index contributed by atoms with van der Waals surface area (Å²) in [4.78, 5) is 11.9. The number of fused-ring (bicyclic) bond motifs is 3. The molecule has 0 fully saturated rings. The van der Waals surface area contributed by atoms with Crippen molar-refractivity contribution in [3.05, 3.63) is 82.4 Å². The molecule has 1 amide bonds. The fourth-order valence-corrected chi connectivity index (χ4v) is 3.74. The number of nitriles is 1. The number of halogens is 1. The molecule has 1 heterocycles. The van der Waals surface area contributed by atoms with Crippen molar-refractivity contribution in [3.63, 3.8) is 0 Å². The Hall–Kier alpha value is -3.29. The van der Waals surface area contributed by atoms with Crippen molar-refractivity contribution in [2.24, 2.45) is 5.73 Å². The number of carbonyl (C=O) groups is 1. The van der Waals surface area contributed by atoms with Gasteiger partial charge in [0.25, 0.3) is 0 Å². The van der Waals surface area contributed by atoms with E-state index >= 15 is 0 Å². The molecule has 0 unspecified atom stereocenters. The third-order valence-corrected chi connectivity index (χ3v) is 4.90. The molecule has 2 N–H and O–H groups in total. The summed E-state index contributed by atoms with van der Waals surface area (Å²) in [5.41, 5.74) is 9.23. The molecule has 0 aliphatic rings. The molecule has 1 aromatic heterocycles. The van der Waals surface area contributed by atoms with Crippen LogP contribution in [-0.4, -0.2) is 10.5 Å². The molecule has 0 aliphatic heterocycles. The predicted octanol–water partition coefficient (Wildman–Crippen LogP) is 4.47. The molecule has 0 aliphatic carbocycles. The molecule has 0 atom stereocenters. The highest BCUT2D eigenvalue weighted by Gasteiger charge is 2.18. The molecule has 0 radical (unpaired) electrons. The maximum atomic E-state index is 11.9. The Labute approximate surface area is 155 Å². The number of primary amides is 1. The molecule has 0 spiro atoms. The Morgan fingerprint density at radius 2 is 1.85 bits per heavy atom. The molecule has 126 valence electrons. The van der Waals surface area contributed by atoms with Crippen molar-refractivity contribution in [2.45, 2.75) is 6.54 Å². The second-order valence-corrected chi connectivity index (χ2v) is 6.46. The number of nitrogens with zero attached hydrogens (tertiary/aromatic N) is 2. The Bertz CT molecular complexity index is 1220. The van der Waals surface area contributed by atoms with Crippen LogP contribution in [0.25, 0.3) is 21.8 Å². The molecule has 5 heteroatoms. The van der Waals surface area contributed by atoms with Crippen LogP contribution >= 0.6 is 11.6 Å². The van der Waals surface area contributed by atoms with Crippen LogP contribution in [0.15, 0.2) is 60.7 Å². The fraction of sp³-hybridized carbons (Fsp3) is 0.0476. The van der Waals surface area contributed by atoms with Gasteiger partial charge < -0.3 is 10.3 Å². The SMILES string of the molecule is N#Cc1ccccc1Cn1c2cccc(C(N)=O)c2c2cccc(Cl)c21. The fourth-order valence-electron chi connectivity index (χ4n) is 3.47. The molecule has 4 aromatic rings. The summed E-state index contributed by atoms with van der Waals surface area (Å²) in [7, 11) is 0. The first-order valence-corrected chi connectivity index (χ1v) is 8.47. The molecule has 0 saturated heterocycles. The lowest BCUT2D eigenvalue weighted by Crippen LogP contribution is -2.11. The molecule has 3 aromatic carbocycles. The maximum Gasteiger partial charge on any atom is 0.249 e. The summed E-state index contributed by atoms with van der Waals surface area (Å²) in [5.74, 6) is -0.480. The van der Waals surface area contributed by atoms with E-state index in [9.17, 15) is 10.1 Å². The van der Waals surface area contributed by atoms with Crippen LogP contribution in [0.1, 0.15) is 21.5 Å². The zero-order valence-electron chi connectivity index (χ0n) is 13.7. The van der Waals surface area contributed by atoms with Gasteiger partial charge in [-0.3, -0.25) is 4.79 Å². The Morgan fingerprint density at radius 3 is 2.62 bits per heavy atom. The lowest BCUT2D eigenvalue weighted by atomic mass is 10.1. The van der Waals surface area contributed by atoms with E-state index in [0.29, 0.717) is 22.7 Å². The number of hydrogen-bond acceptors (Lipinski definition) is 2. The summed E-state index contributed by atoms with van der Waals surface area (Å²) in [6.45, 7) is 0.468. The van der Waals surface area contributed by atoms with Crippen molar-refractivity contribution in [2.75, 3.05) is 0 Å². The summed E-state index contributed by atoms with van der Waals surface area (Å²) in [5, 5.41) is 11.6. The number of para-hydroxylation sites is 1. The molecular formula is C21H14ClN3O.